The van der Waals surface area contributed by atoms with Gasteiger partial charge in [0.15, 0.2) is 22.4 Å². The quantitative estimate of drug-likeness (QED) is 0.414. The lowest BCUT2D eigenvalue weighted by atomic mass is 10.2. The van der Waals surface area contributed by atoms with Crippen LogP contribution in [0.25, 0.3) is 15.5 Å². The van der Waals surface area contributed by atoms with Gasteiger partial charge in [-0.15, -0.1) is 10.2 Å². The molecule has 1 amide bonds. The second-order valence-corrected chi connectivity index (χ2v) is 7.99. The van der Waals surface area contributed by atoms with Crippen LogP contribution in [0.3, 0.4) is 0 Å². The SMILES string of the molecule is CCc1nnc2sc(-c3ccc(NC(=S)NC(=O)c4ccc(OC)c(OC)c4)cc3)nn12. The molecular weight excluding hydrogens is 448 g/mol. The molecule has 0 unspecified atom stereocenters. The highest BCUT2D eigenvalue weighted by molar-refractivity contribution is 7.80. The van der Waals surface area contributed by atoms with Crippen molar-refractivity contribution >= 4 is 45.2 Å². The van der Waals surface area contributed by atoms with E-state index in [0.29, 0.717) is 17.1 Å². The number of rotatable bonds is 6. The first-order chi connectivity index (χ1) is 15.5. The van der Waals surface area contributed by atoms with Gasteiger partial charge in [0.05, 0.1) is 14.2 Å². The Balaban J connectivity index is 1.41. The molecule has 0 saturated carbocycles. The largest absolute Gasteiger partial charge is 0.493 e. The monoisotopic (exact) mass is 468 g/mol. The van der Waals surface area contributed by atoms with E-state index in [9.17, 15) is 4.79 Å². The number of amides is 1. The third kappa shape index (κ3) is 4.39. The lowest BCUT2D eigenvalue weighted by Crippen LogP contribution is -2.34. The fourth-order valence-corrected chi connectivity index (χ4v) is 4.08. The Labute approximate surface area is 193 Å². The van der Waals surface area contributed by atoms with Gasteiger partial charge in [-0.25, -0.2) is 0 Å². The molecule has 0 aliphatic heterocycles. The number of carbonyl (C=O) groups is 1. The first kappa shape index (κ1) is 21.7. The summed E-state index contributed by atoms with van der Waals surface area (Å²) in [4.78, 5) is 13.3. The molecule has 0 radical (unpaired) electrons. The summed E-state index contributed by atoms with van der Waals surface area (Å²) in [5.41, 5.74) is 2.09. The van der Waals surface area contributed by atoms with Crippen LogP contribution < -0.4 is 20.1 Å². The summed E-state index contributed by atoms with van der Waals surface area (Å²) in [5, 5.41) is 19.6. The second-order valence-electron chi connectivity index (χ2n) is 6.63. The molecule has 0 saturated heterocycles. The summed E-state index contributed by atoms with van der Waals surface area (Å²) in [6.45, 7) is 2.02. The van der Waals surface area contributed by atoms with E-state index in [1.807, 2.05) is 31.2 Å². The average Bonchev–Trinajstić information content (AvgIpc) is 3.39. The Kier molecular flexibility index (Phi) is 6.28. The number of nitrogens with zero attached hydrogens (tertiary/aromatic N) is 4. The first-order valence-electron chi connectivity index (χ1n) is 9.68. The maximum atomic E-state index is 12.5. The van der Waals surface area contributed by atoms with E-state index < -0.39 is 0 Å². The third-order valence-electron chi connectivity index (χ3n) is 4.63. The van der Waals surface area contributed by atoms with Crippen molar-refractivity contribution in [3.8, 4) is 22.1 Å². The summed E-state index contributed by atoms with van der Waals surface area (Å²) in [5.74, 6) is 1.48. The van der Waals surface area contributed by atoms with E-state index in [2.05, 4.69) is 25.9 Å². The molecule has 4 aromatic rings. The van der Waals surface area contributed by atoms with Crippen molar-refractivity contribution in [1.82, 2.24) is 25.1 Å². The number of hydrogen-bond acceptors (Lipinski definition) is 8. The smallest absolute Gasteiger partial charge is 0.257 e. The highest BCUT2D eigenvalue weighted by Crippen LogP contribution is 2.28. The Morgan fingerprint density at radius 1 is 1.09 bits per heavy atom. The van der Waals surface area contributed by atoms with Gasteiger partial charge in [-0.2, -0.15) is 9.61 Å². The van der Waals surface area contributed by atoms with E-state index in [-0.39, 0.29) is 11.0 Å². The molecule has 164 valence electrons. The van der Waals surface area contributed by atoms with Gasteiger partial charge in [-0.3, -0.25) is 10.1 Å². The topological polar surface area (TPSA) is 103 Å². The summed E-state index contributed by atoms with van der Waals surface area (Å²) in [7, 11) is 3.05. The van der Waals surface area contributed by atoms with Crippen molar-refractivity contribution in [3.05, 3.63) is 53.9 Å². The normalized spacial score (nSPS) is 10.7. The molecule has 0 fully saturated rings. The number of aryl methyl sites for hydroxylation is 1. The summed E-state index contributed by atoms with van der Waals surface area (Å²) < 4.78 is 12.2. The van der Waals surface area contributed by atoms with Gasteiger partial charge in [-0.1, -0.05) is 18.3 Å². The summed E-state index contributed by atoms with van der Waals surface area (Å²) in [6.07, 6.45) is 0.764. The second kappa shape index (κ2) is 9.28. The zero-order valence-corrected chi connectivity index (χ0v) is 19.2. The third-order valence-corrected chi connectivity index (χ3v) is 5.79. The Bertz CT molecular complexity index is 1280. The molecule has 0 bridgehead atoms. The summed E-state index contributed by atoms with van der Waals surface area (Å²) in [6, 6.07) is 12.5. The minimum Gasteiger partial charge on any atom is -0.493 e. The van der Waals surface area contributed by atoms with E-state index in [1.165, 1.54) is 25.6 Å². The molecule has 0 aliphatic carbocycles. The Morgan fingerprint density at radius 2 is 1.84 bits per heavy atom. The highest BCUT2D eigenvalue weighted by Gasteiger charge is 2.14. The van der Waals surface area contributed by atoms with Gasteiger partial charge in [0.25, 0.3) is 5.91 Å². The minimum atomic E-state index is -0.355. The molecule has 9 nitrogen and oxygen atoms in total. The molecule has 0 aliphatic rings. The van der Waals surface area contributed by atoms with E-state index in [1.54, 1.807) is 22.7 Å². The van der Waals surface area contributed by atoms with Gasteiger partial charge in [0.1, 0.15) is 5.01 Å². The number of benzene rings is 2. The molecule has 4 rings (SSSR count). The zero-order valence-electron chi connectivity index (χ0n) is 17.6. The van der Waals surface area contributed by atoms with Gasteiger partial charge >= 0.3 is 0 Å². The fourth-order valence-electron chi connectivity index (χ4n) is 3.01. The van der Waals surface area contributed by atoms with Crippen LogP contribution in [0.15, 0.2) is 42.5 Å². The van der Waals surface area contributed by atoms with E-state index in [4.69, 9.17) is 21.7 Å². The molecule has 2 heterocycles. The van der Waals surface area contributed by atoms with Gasteiger partial charge < -0.3 is 14.8 Å². The number of ether oxygens (including phenoxy) is 2. The number of aromatic nitrogens is 4. The van der Waals surface area contributed by atoms with Crippen molar-refractivity contribution in [1.29, 1.82) is 0 Å². The maximum absolute atomic E-state index is 12.5. The van der Waals surface area contributed by atoms with Crippen LogP contribution in [0.1, 0.15) is 23.1 Å². The number of hydrogen-bond donors (Lipinski definition) is 2. The van der Waals surface area contributed by atoms with Gasteiger partial charge in [-0.05, 0) is 54.7 Å². The first-order valence-corrected chi connectivity index (χ1v) is 10.9. The molecule has 2 aromatic heterocycles. The van der Waals surface area contributed by atoms with Crippen LogP contribution in [0, 0.1) is 0 Å². The number of thiocarbonyl (C=S) groups is 1. The Hall–Kier alpha value is -3.57. The van der Waals surface area contributed by atoms with Crippen LogP contribution >= 0.6 is 23.6 Å². The molecule has 2 aromatic carbocycles. The van der Waals surface area contributed by atoms with Crippen LogP contribution in [0.2, 0.25) is 0 Å². The van der Waals surface area contributed by atoms with E-state index in [0.717, 1.165) is 33.5 Å². The van der Waals surface area contributed by atoms with Crippen molar-refractivity contribution in [2.45, 2.75) is 13.3 Å². The molecule has 11 heteroatoms. The van der Waals surface area contributed by atoms with E-state index >= 15 is 0 Å². The van der Waals surface area contributed by atoms with Crippen molar-refractivity contribution in [3.63, 3.8) is 0 Å². The predicted molar refractivity (Wildman–Crippen MR) is 127 cm³/mol. The lowest BCUT2D eigenvalue weighted by molar-refractivity contribution is 0.0977. The van der Waals surface area contributed by atoms with Crippen LogP contribution in [-0.2, 0) is 6.42 Å². The number of methoxy groups -OCH3 is 2. The maximum Gasteiger partial charge on any atom is 0.257 e. The highest BCUT2D eigenvalue weighted by atomic mass is 32.1. The predicted octanol–water partition coefficient (Wildman–Crippen LogP) is 3.56. The number of fused-ring (bicyclic) bond motifs is 1. The van der Waals surface area contributed by atoms with Crippen LogP contribution in [0.4, 0.5) is 5.69 Å². The molecular formula is C21H20N6O3S2. The summed E-state index contributed by atoms with van der Waals surface area (Å²) >= 11 is 6.75. The molecule has 32 heavy (non-hydrogen) atoms. The van der Waals surface area contributed by atoms with Crippen LogP contribution in [-0.4, -0.2) is 45.1 Å². The fraction of sp³-hybridized carbons (Fsp3) is 0.190. The van der Waals surface area contributed by atoms with Crippen LogP contribution in [0.5, 0.6) is 11.5 Å². The lowest BCUT2D eigenvalue weighted by Gasteiger charge is -2.12. The van der Waals surface area contributed by atoms with Crippen molar-refractivity contribution in [2.75, 3.05) is 19.5 Å². The number of nitrogens with one attached hydrogen (secondary N) is 2. The van der Waals surface area contributed by atoms with Gasteiger partial charge in [0.2, 0.25) is 4.96 Å². The van der Waals surface area contributed by atoms with Crippen molar-refractivity contribution < 1.29 is 14.3 Å². The molecule has 2 N–H and O–H groups in total. The average molecular weight is 469 g/mol. The minimum absolute atomic E-state index is 0.184. The standard InChI is InChI=1S/C21H20N6O3S2/c1-4-17-24-25-21-27(17)26-19(32-21)12-5-8-14(9-6-12)22-20(31)23-18(28)13-7-10-15(29-2)16(11-13)30-3/h5-11H,4H2,1-3H3,(H2,22,23,28,31). The zero-order chi connectivity index (χ0) is 22.7. The number of carbonyl (C=O) groups excluding carboxylic acids is 1. The van der Waals surface area contributed by atoms with Crippen molar-refractivity contribution in [2.24, 2.45) is 0 Å². The van der Waals surface area contributed by atoms with Gasteiger partial charge in [0, 0.05) is 23.2 Å². The molecule has 0 spiro atoms. The Morgan fingerprint density at radius 3 is 2.53 bits per heavy atom. The number of anilines is 1. The molecule has 0 atom stereocenters.